The molecule has 2 rings (SSSR count). The second-order valence-corrected chi connectivity index (χ2v) is 4.60. The summed E-state index contributed by atoms with van der Waals surface area (Å²) in [4.78, 5) is 4.06. The Morgan fingerprint density at radius 1 is 1.42 bits per heavy atom. The van der Waals surface area contributed by atoms with Crippen molar-refractivity contribution in [1.29, 1.82) is 0 Å². The van der Waals surface area contributed by atoms with Gasteiger partial charge in [0.15, 0.2) is 11.6 Å². The lowest BCUT2D eigenvalue weighted by Gasteiger charge is -2.13. The molecule has 1 aromatic heterocycles. The van der Waals surface area contributed by atoms with Crippen molar-refractivity contribution in [2.24, 2.45) is 0 Å². The van der Waals surface area contributed by atoms with E-state index in [-0.39, 0.29) is 25.0 Å². The number of aromatic nitrogens is 2. The van der Waals surface area contributed by atoms with Crippen molar-refractivity contribution >= 4 is 0 Å². The van der Waals surface area contributed by atoms with E-state index in [1.54, 1.807) is 18.6 Å². The Hall–Kier alpha value is -1.88. The highest BCUT2D eigenvalue weighted by Gasteiger charge is 2.08. The van der Waals surface area contributed by atoms with Gasteiger partial charge < -0.3 is 14.4 Å². The third-order valence-corrected chi connectivity index (χ3v) is 2.86. The van der Waals surface area contributed by atoms with Gasteiger partial charge in [-0.25, -0.2) is 9.37 Å². The van der Waals surface area contributed by atoms with Gasteiger partial charge in [0.05, 0.1) is 24.8 Å². The third-order valence-electron chi connectivity index (χ3n) is 2.86. The number of hydrogen-bond acceptors (Lipinski definition) is 3. The van der Waals surface area contributed by atoms with Gasteiger partial charge in [-0.1, -0.05) is 6.07 Å². The second-order valence-electron chi connectivity index (χ2n) is 4.60. The van der Waals surface area contributed by atoms with E-state index in [1.807, 2.05) is 18.4 Å². The van der Waals surface area contributed by atoms with Crippen LogP contribution in [0.25, 0.3) is 0 Å². The average Bonchev–Trinajstić information content (AvgIpc) is 2.85. The van der Waals surface area contributed by atoms with E-state index in [0.29, 0.717) is 5.56 Å². The average molecular weight is 264 g/mol. The molecule has 0 amide bonds. The highest BCUT2D eigenvalue weighted by molar-refractivity contribution is 5.29. The smallest absolute Gasteiger partial charge is 0.165 e. The molecular formula is C14H17FN2O2. The number of aliphatic hydroxyl groups excluding tert-OH is 1. The van der Waals surface area contributed by atoms with Gasteiger partial charge in [0, 0.05) is 6.04 Å². The Kier molecular flexibility index (Phi) is 4.16. The molecule has 0 saturated carbocycles. The predicted molar refractivity (Wildman–Crippen MR) is 69.3 cm³/mol. The van der Waals surface area contributed by atoms with Crippen LogP contribution in [0.1, 0.15) is 31.1 Å². The molecule has 102 valence electrons. The minimum Gasteiger partial charge on any atom is -0.484 e. The summed E-state index contributed by atoms with van der Waals surface area (Å²) in [5.74, 6) is -0.295. The number of ether oxygens (including phenoxy) is 1. The first-order valence-corrected chi connectivity index (χ1v) is 6.14. The minimum atomic E-state index is -0.470. The molecule has 0 unspecified atom stereocenters. The summed E-state index contributed by atoms with van der Waals surface area (Å²) in [5, 5.41) is 8.91. The number of benzene rings is 1. The van der Waals surface area contributed by atoms with Crippen LogP contribution in [0.5, 0.6) is 5.75 Å². The molecule has 0 aliphatic rings. The highest BCUT2D eigenvalue weighted by atomic mass is 19.1. The predicted octanol–water partition coefficient (Wildman–Crippen LogP) is 2.67. The zero-order valence-electron chi connectivity index (χ0n) is 11.0. The molecule has 1 aromatic carbocycles. The quantitative estimate of drug-likeness (QED) is 0.903. The molecule has 0 aliphatic heterocycles. The Balaban J connectivity index is 2.08. The van der Waals surface area contributed by atoms with Crippen molar-refractivity contribution in [2.45, 2.75) is 33.1 Å². The summed E-state index contributed by atoms with van der Waals surface area (Å²) < 4.78 is 21.1. The van der Waals surface area contributed by atoms with Gasteiger partial charge in [0.2, 0.25) is 0 Å². The van der Waals surface area contributed by atoms with E-state index in [1.165, 1.54) is 12.1 Å². The van der Waals surface area contributed by atoms with Crippen LogP contribution in [-0.2, 0) is 13.2 Å². The maximum atomic E-state index is 13.7. The van der Waals surface area contributed by atoms with Crippen molar-refractivity contribution < 1.29 is 14.2 Å². The van der Waals surface area contributed by atoms with Crippen molar-refractivity contribution in [3.63, 3.8) is 0 Å². The van der Waals surface area contributed by atoms with E-state index < -0.39 is 5.82 Å². The Labute approximate surface area is 111 Å². The Bertz CT molecular complexity index is 552. The first kappa shape index (κ1) is 13.5. The van der Waals surface area contributed by atoms with Gasteiger partial charge in [0.1, 0.15) is 6.61 Å². The lowest BCUT2D eigenvalue weighted by atomic mass is 10.2. The summed E-state index contributed by atoms with van der Waals surface area (Å²) >= 11 is 0. The summed E-state index contributed by atoms with van der Waals surface area (Å²) in [6, 6.07) is 4.72. The van der Waals surface area contributed by atoms with Gasteiger partial charge in [-0.05, 0) is 31.5 Å². The topological polar surface area (TPSA) is 47.3 Å². The molecule has 0 spiro atoms. The number of nitrogens with zero attached hydrogens (tertiary/aromatic N) is 2. The van der Waals surface area contributed by atoms with Gasteiger partial charge in [0.25, 0.3) is 0 Å². The number of imidazole rings is 1. The fourth-order valence-corrected chi connectivity index (χ4v) is 1.82. The molecule has 1 N–H and O–H groups in total. The number of rotatable bonds is 5. The Morgan fingerprint density at radius 2 is 2.21 bits per heavy atom. The van der Waals surface area contributed by atoms with E-state index in [0.717, 1.165) is 5.69 Å². The fraction of sp³-hybridized carbons (Fsp3) is 0.357. The molecule has 0 saturated heterocycles. The van der Waals surface area contributed by atoms with Crippen LogP contribution in [0.4, 0.5) is 4.39 Å². The third kappa shape index (κ3) is 3.12. The molecule has 5 heteroatoms. The van der Waals surface area contributed by atoms with Crippen LogP contribution in [0, 0.1) is 5.82 Å². The van der Waals surface area contributed by atoms with Crippen molar-refractivity contribution in [1.82, 2.24) is 9.55 Å². The summed E-state index contributed by atoms with van der Waals surface area (Å²) in [7, 11) is 0. The van der Waals surface area contributed by atoms with E-state index >= 15 is 0 Å². The van der Waals surface area contributed by atoms with Gasteiger partial charge >= 0.3 is 0 Å². The number of halogens is 1. The molecule has 1 heterocycles. The van der Waals surface area contributed by atoms with Crippen LogP contribution < -0.4 is 4.74 Å². The minimum absolute atomic E-state index is 0.175. The first-order chi connectivity index (χ1) is 9.11. The zero-order valence-corrected chi connectivity index (χ0v) is 11.0. The van der Waals surface area contributed by atoms with Crippen molar-refractivity contribution in [2.75, 3.05) is 0 Å². The molecule has 0 bridgehead atoms. The van der Waals surface area contributed by atoms with Crippen molar-refractivity contribution in [3.05, 3.63) is 47.8 Å². The SMILES string of the molecule is CC(C)n1cncc1COc1ccc(CO)cc1F. The summed E-state index contributed by atoms with van der Waals surface area (Å²) in [6.07, 6.45) is 3.44. The zero-order chi connectivity index (χ0) is 13.8. The Morgan fingerprint density at radius 3 is 2.84 bits per heavy atom. The lowest BCUT2D eigenvalue weighted by Crippen LogP contribution is -2.07. The monoisotopic (exact) mass is 264 g/mol. The van der Waals surface area contributed by atoms with Crippen LogP contribution >= 0.6 is 0 Å². The van der Waals surface area contributed by atoms with Crippen molar-refractivity contribution in [3.8, 4) is 5.75 Å². The normalized spacial score (nSPS) is 11.0. The number of hydrogen-bond donors (Lipinski definition) is 1. The molecule has 4 nitrogen and oxygen atoms in total. The maximum Gasteiger partial charge on any atom is 0.165 e. The number of aliphatic hydroxyl groups is 1. The van der Waals surface area contributed by atoms with Crippen LogP contribution in [0.2, 0.25) is 0 Å². The largest absolute Gasteiger partial charge is 0.484 e. The van der Waals surface area contributed by atoms with Gasteiger partial charge in [-0.3, -0.25) is 0 Å². The molecule has 2 aromatic rings. The first-order valence-electron chi connectivity index (χ1n) is 6.14. The van der Waals surface area contributed by atoms with Crippen LogP contribution in [-0.4, -0.2) is 14.7 Å². The molecule has 19 heavy (non-hydrogen) atoms. The van der Waals surface area contributed by atoms with Crippen LogP contribution in [0.15, 0.2) is 30.7 Å². The molecule has 0 fully saturated rings. The molecule has 0 aliphatic carbocycles. The second kappa shape index (κ2) is 5.84. The van der Waals surface area contributed by atoms with E-state index in [2.05, 4.69) is 4.98 Å². The van der Waals surface area contributed by atoms with Gasteiger partial charge in [-0.2, -0.15) is 0 Å². The van der Waals surface area contributed by atoms with E-state index in [9.17, 15) is 4.39 Å². The summed E-state index contributed by atoms with van der Waals surface area (Å²) in [5.41, 5.74) is 1.41. The van der Waals surface area contributed by atoms with Gasteiger partial charge in [-0.15, -0.1) is 0 Å². The molecular weight excluding hydrogens is 247 g/mol. The maximum absolute atomic E-state index is 13.7. The van der Waals surface area contributed by atoms with Crippen LogP contribution in [0.3, 0.4) is 0 Å². The highest BCUT2D eigenvalue weighted by Crippen LogP contribution is 2.20. The van der Waals surface area contributed by atoms with E-state index in [4.69, 9.17) is 9.84 Å². The lowest BCUT2D eigenvalue weighted by molar-refractivity contribution is 0.271. The summed E-state index contributed by atoms with van der Waals surface area (Å²) in [6.45, 7) is 4.16. The molecule has 0 atom stereocenters. The fourth-order valence-electron chi connectivity index (χ4n) is 1.82. The standard InChI is InChI=1S/C14H17FN2O2/c1-10(2)17-9-16-6-12(17)8-19-14-4-3-11(7-18)5-13(14)15/h3-6,9-10,18H,7-8H2,1-2H3. The molecule has 0 radical (unpaired) electrons.